The molecule has 1 aromatic heterocycles. The Balaban J connectivity index is 2.34. The molecule has 0 atom stereocenters. The smallest absolute Gasteiger partial charge is 0.340 e. The van der Waals surface area contributed by atoms with Crippen LogP contribution in [-0.2, 0) is 16.0 Å². The maximum atomic E-state index is 11.9. The second kappa shape index (κ2) is 6.60. The third-order valence-electron chi connectivity index (χ3n) is 2.89. The van der Waals surface area contributed by atoms with Gasteiger partial charge in [0.15, 0.2) is 0 Å². The Kier molecular flexibility index (Phi) is 4.61. The SMILES string of the molecule is COC(=O)c1cccc(NCc2ccco2)c1C(=O)OC. The minimum absolute atomic E-state index is 0.137. The van der Waals surface area contributed by atoms with E-state index < -0.39 is 11.9 Å². The van der Waals surface area contributed by atoms with E-state index in [0.717, 1.165) is 0 Å². The van der Waals surface area contributed by atoms with E-state index in [1.165, 1.54) is 20.3 Å². The summed E-state index contributed by atoms with van der Waals surface area (Å²) in [5, 5.41) is 3.05. The summed E-state index contributed by atoms with van der Waals surface area (Å²) < 4.78 is 14.6. The average molecular weight is 289 g/mol. The molecule has 1 heterocycles. The Morgan fingerprint density at radius 3 is 2.48 bits per heavy atom. The predicted octanol–water partition coefficient (Wildman–Crippen LogP) is 2.46. The number of nitrogens with one attached hydrogen (secondary N) is 1. The summed E-state index contributed by atoms with van der Waals surface area (Å²) in [5.41, 5.74) is 0.758. The molecule has 1 N–H and O–H groups in total. The highest BCUT2D eigenvalue weighted by Crippen LogP contribution is 2.22. The van der Waals surface area contributed by atoms with Gasteiger partial charge in [-0.3, -0.25) is 0 Å². The first kappa shape index (κ1) is 14.6. The van der Waals surface area contributed by atoms with E-state index in [2.05, 4.69) is 10.1 Å². The van der Waals surface area contributed by atoms with Crippen LogP contribution in [0, 0.1) is 0 Å². The largest absolute Gasteiger partial charge is 0.467 e. The fraction of sp³-hybridized carbons (Fsp3) is 0.200. The summed E-state index contributed by atoms with van der Waals surface area (Å²) in [6.45, 7) is 0.377. The molecule has 0 aliphatic rings. The summed E-state index contributed by atoms with van der Waals surface area (Å²) in [6, 6.07) is 8.42. The normalized spacial score (nSPS) is 10.0. The Hall–Kier alpha value is -2.76. The lowest BCUT2D eigenvalue weighted by molar-refractivity contribution is 0.0556. The highest BCUT2D eigenvalue weighted by Gasteiger charge is 2.22. The van der Waals surface area contributed by atoms with Crippen molar-refractivity contribution in [2.24, 2.45) is 0 Å². The van der Waals surface area contributed by atoms with Crippen LogP contribution in [0.25, 0.3) is 0 Å². The van der Waals surface area contributed by atoms with E-state index in [1.54, 1.807) is 30.5 Å². The van der Waals surface area contributed by atoms with Crippen LogP contribution in [0.15, 0.2) is 41.0 Å². The van der Waals surface area contributed by atoms with Gasteiger partial charge in [0.2, 0.25) is 0 Å². The fourth-order valence-electron chi connectivity index (χ4n) is 1.90. The molecule has 0 amide bonds. The molecule has 0 saturated heterocycles. The van der Waals surface area contributed by atoms with Crippen LogP contribution in [-0.4, -0.2) is 26.2 Å². The number of carbonyl (C=O) groups is 2. The fourth-order valence-corrected chi connectivity index (χ4v) is 1.90. The van der Waals surface area contributed by atoms with Crippen LogP contribution in [0.2, 0.25) is 0 Å². The van der Waals surface area contributed by atoms with Gasteiger partial charge in [-0.2, -0.15) is 0 Å². The first-order chi connectivity index (χ1) is 10.2. The molecule has 0 aliphatic heterocycles. The van der Waals surface area contributed by atoms with Crippen LogP contribution in [0.5, 0.6) is 0 Å². The van der Waals surface area contributed by atoms with Crippen molar-refractivity contribution in [3.8, 4) is 0 Å². The van der Waals surface area contributed by atoms with Crippen LogP contribution in [0.1, 0.15) is 26.5 Å². The van der Waals surface area contributed by atoms with Gasteiger partial charge in [0.05, 0.1) is 38.2 Å². The van der Waals surface area contributed by atoms with Gasteiger partial charge in [-0.05, 0) is 24.3 Å². The summed E-state index contributed by atoms with van der Waals surface area (Å²) in [5.74, 6) is -0.510. The molecule has 0 unspecified atom stereocenters. The van der Waals surface area contributed by atoms with Gasteiger partial charge in [0.25, 0.3) is 0 Å². The molecule has 0 radical (unpaired) electrons. The molecule has 0 aliphatic carbocycles. The molecule has 0 bridgehead atoms. The topological polar surface area (TPSA) is 77.8 Å². The molecule has 110 valence electrons. The number of methoxy groups -OCH3 is 2. The second-order valence-corrected chi connectivity index (χ2v) is 4.14. The van der Waals surface area contributed by atoms with Crippen molar-refractivity contribution in [2.45, 2.75) is 6.54 Å². The minimum Gasteiger partial charge on any atom is -0.467 e. The Morgan fingerprint density at radius 1 is 1.10 bits per heavy atom. The van der Waals surface area contributed by atoms with Crippen LogP contribution in [0.3, 0.4) is 0 Å². The Morgan fingerprint density at radius 2 is 1.86 bits per heavy atom. The van der Waals surface area contributed by atoms with Gasteiger partial charge in [0, 0.05) is 5.69 Å². The van der Waals surface area contributed by atoms with Gasteiger partial charge in [0.1, 0.15) is 5.76 Å². The van der Waals surface area contributed by atoms with Crippen molar-refractivity contribution >= 4 is 17.6 Å². The summed E-state index contributed by atoms with van der Waals surface area (Å²) >= 11 is 0. The van der Waals surface area contributed by atoms with E-state index in [0.29, 0.717) is 18.0 Å². The lowest BCUT2D eigenvalue weighted by Crippen LogP contribution is -2.15. The molecule has 2 rings (SSSR count). The number of carbonyl (C=O) groups excluding carboxylic acids is 2. The van der Waals surface area contributed by atoms with Crippen LogP contribution in [0.4, 0.5) is 5.69 Å². The standard InChI is InChI=1S/C15H15NO5/c1-19-14(17)11-6-3-7-12(13(11)15(18)20-2)16-9-10-5-4-8-21-10/h3-8,16H,9H2,1-2H3. The number of benzene rings is 1. The third-order valence-corrected chi connectivity index (χ3v) is 2.89. The maximum absolute atomic E-state index is 11.9. The number of esters is 2. The quantitative estimate of drug-likeness (QED) is 0.852. The van der Waals surface area contributed by atoms with Crippen molar-refractivity contribution in [1.29, 1.82) is 0 Å². The van der Waals surface area contributed by atoms with E-state index in [1.807, 2.05) is 0 Å². The van der Waals surface area contributed by atoms with Crippen LogP contribution >= 0.6 is 0 Å². The molecule has 2 aromatic rings. The molecule has 0 saturated carbocycles. The monoisotopic (exact) mass is 289 g/mol. The van der Waals surface area contributed by atoms with Gasteiger partial charge in [-0.1, -0.05) is 6.07 Å². The predicted molar refractivity (Wildman–Crippen MR) is 75.2 cm³/mol. The first-order valence-corrected chi connectivity index (χ1v) is 6.23. The van der Waals surface area contributed by atoms with Gasteiger partial charge < -0.3 is 19.2 Å². The number of rotatable bonds is 5. The molecule has 0 fully saturated rings. The Bertz CT molecular complexity index is 634. The zero-order chi connectivity index (χ0) is 15.2. The van der Waals surface area contributed by atoms with Crippen LogP contribution < -0.4 is 5.32 Å². The average Bonchev–Trinajstić information content (AvgIpc) is 3.04. The molecule has 6 nitrogen and oxygen atoms in total. The van der Waals surface area contributed by atoms with Gasteiger partial charge in [-0.25, -0.2) is 9.59 Å². The maximum Gasteiger partial charge on any atom is 0.340 e. The van der Waals surface area contributed by atoms with Crippen molar-refractivity contribution < 1.29 is 23.5 Å². The van der Waals surface area contributed by atoms with Crippen molar-refractivity contribution in [2.75, 3.05) is 19.5 Å². The first-order valence-electron chi connectivity index (χ1n) is 6.23. The highest BCUT2D eigenvalue weighted by atomic mass is 16.5. The van der Waals surface area contributed by atoms with Gasteiger partial charge in [-0.15, -0.1) is 0 Å². The molecule has 0 spiro atoms. The van der Waals surface area contributed by atoms with E-state index in [4.69, 9.17) is 9.15 Å². The van der Waals surface area contributed by atoms with Gasteiger partial charge >= 0.3 is 11.9 Å². The number of anilines is 1. The number of hydrogen-bond donors (Lipinski definition) is 1. The van der Waals surface area contributed by atoms with Crippen molar-refractivity contribution in [3.63, 3.8) is 0 Å². The number of furan rings is 1. The highest BCUT2D eigenvalue weighted by molar-refractivity contribution is 6.07. The summed E-state index contributed by atoms with van der Waals surface area (Å²) in [6.07, 6.45) is 1.56. The summed E-state index contributed by atoms with van der Waals surface area (Å²) in [4.78, 5) is 23.7. The lowest BCUT2D eigenvalue weighted by Gasteiger charge is -2.13. The van der Waals surface area contributed by atoms with E-state index in [9.17, 15) is 9.59 Å². The zero-order valence-corrected chi connectivity index (χ0v) is 11.7. The minimum atomic E-state index is -0.613. The van der Waals surface area contributed by atoms with Crippen molar-refractivity contribution in [3.05, 3.63) is 53.5 Å². The zero-order valence-electron chi connectivity index (χ0n) is 11.7. The Labute approximate surface area is 121 Å². The summed E-state index contributed by atoms with van der Waals surface area (Å²) in [7, 11) is 2.51. The molecular formula is C15H15NO5. The molecule has 1 aromatic carbocycles. The molecular weight excluding hydrogens is 274 g/mol. The van der Waals surface area contributed by atoms with E-state index >= 15 is 0 Å². The lowest BCUT2D eigenvalue weighted by atomic mass is 10.1. The third kappa shape index (κ3) is 3.22. The number of ether oxygens (including phenoxy) is 2. The number of hydrogen-bond acceptors (Lipinski definition) is 6. The molecule has 21 heavy (non-hydrogen) atoms. The van der Waals surface area contributed by atoms with Crippen molar-refractivity contribution in [1.82, 2.24) is 0 Å². The second-order valence-electron chi connectivity index (χ2n) is 4.14. The molecule has 6 heteroatoms. The van der Waals surface area contributed by atoms with E-state index in [-0.39, 0.29) is 11.1 Å².